The molecule has 0 saturated carbocycles. The van der Waals surface area contributed by atoms with Crippen LogP contribution in [0, 0.1) is 5.92 Å². The van der Waals surface area contributed by atoms with Crippen LogP contribution in [0.25, 0.3) is 0 Å². The van der Waals surface area contributed by atoms with Crippen LogP contribution in [0.5, 0.6) is 17.2 Å². The molecule has 22 heavy (non-hydrogen) atoms. The van der Waals surface area contributed by atoms with E-state index >= 15 is 0 Å². The third-order valence-electron chi connectivity index (χ3n) is 3.80. The van der Waals surface area contributed by atoms with E-state index in [4.69, 9.17) is 9.47 Å². The Morgan fingerprint density at radius 3 is 2.86 bits per heavy atom. The molecule has 114 valence electrons. The number of hydrogen-bond donors (Lipinski definition) is 2. The van der Waals surface area contributed by atoms with E-state index in [9.17, 15) is 15.0 Å². The maximum Gasteiger partial charge on any atom is 0.172 e. The van der Waals surface area contributed by atoms with Crippen molar-refractivity contribution in [3.63, 3.8) is 0 Å². The van der Waals surface area contributed by atoms with Gasteiger partial charge in [0.05, 0.1) is 19.1 Å². The summed E-state index contributed by atoms with van der Waals surface area (Å²) in [6.07, 6.45) is -1.02. The van der Waals surface area contributed by atoms with Gasteiger partial charge in [0.2, 0.25) is 0 Å². The summed E-state index contributed by atoms with van der Waals surface area (Å²) < 4.78 is 10.6. The highest BCUT2D eigenvalue weighted by Gasteiger charge is 2.35. The van der Waals surface area contributed by atoms with Gasteiger partial charge in [-0.1, -0.05) is 12.1 Å². The molecule has 5 heteroatoms. The van der Waals surface area contributed by atoms with Crippen molar-refractivity contribution in [1.82, 2.24) is 0 Å². The summed E-state index contributed by atoms with van der Waals surface area (Å²) in [4.78, 5) is 12.6. The van der Waals surface area contributed by atoms with Gasteiger partial charge in [-0.3, -0.25) is 4.79 Å². The van der Waals surface area contributed by atoms with Crippen molar-refractivity contribution in [3.05, 3.63) is 53.6 Å². The maximum absolute atomic E-state index is 12.6. The maximum atomic E-state index is 12.6. The number of aliphatic hydroxyl groups excluding tert-OH is 1. The van der Waals surface area contributed by atoms with E-state index in [0.29, 0.717) is 22.6 Å². The number of phenolic OH excluding ortho intramolecular Hbond substituents is 1. The molecule has 0 bridgehead atoms. The number of rotatable bonds is 3. The standard InChI is InChI=1S/C17H16O5/c1-21-12-4-2-3-10(7-12)16(19)14-9-22-15-6-5-11(18)8-13(15)17(14)20/h2-8,14,17-18,20H,9H2,1H3. The summed E-state index contributed by atoms with van der Waals surface area (Å²) in [5, 5.41) is 20.0. The van der Waals surface area contributed by atoms with Gasteiger partial charge >= 0.3 is 0 Å². The van der Waals surface area contributed by atoms with Gasteiger partial charge in [-0.2, -0.15) is 0 Å². The molecule has 3 rings (SSSR count). The van der Waals surface area contributed by atoms with Gasteiger partial charge in [-0.05, 0) is 30.3 Å². The number of carbonyl (C=O) groups is 1. The van der Waals surface area contributed by atoms with E-state index in [0.717, 1.165) is 0 Å². The Morgan fingerprint density at radius 2 is 2.09 bits per heavy atom. The van der Waals surface area contributed by atoms with Crippen molar-refractivity contribution in [2.45, 2.75) is 6.10 Å². The summed E-state index contributed by atoms with van der Waals surface area (Å²) in [7, 11) is 1.53. The Hall–Kier alpha value is -2.53. The summed E-state index contributed by atoms with van der Waals surface area (Å²) in [6.45, 7) is 0.0922. The van der Waals surface area contributed by atoms with Crippen molar-refractivity contribution in [3.8, 4) is 17.2 Å². The number of aliphatic hydroxyl groups is 1. The van der Waals surface area contributed by atoms with Gasteiger partial charge in [0.1, 0.15) is 23.9 Å². The lowest BCUT2D eigenvalue weighted by Gasteiger charge is -2.29. The van der Waals surface area contributed by atoms with Gasteiger partial charge in [0.25, 0.3) is 0 Å². The molecule has 0 radical (unpaired) electrons. The lowest BCUT2D eigenvalue weighted by Crippen LogP contribution is -2.32. The predicted molar refractivity (Wildman–Crippen MR) is 79.4 cm³/mol. The molecule has 0 amide bonds. The van der Waals surface area contributed by atoms with Gasteiger partial charge in [0, 0.05) is 11.1 Å². The summed E-state index contributed by atoms with van der Waals surface area (Å²) in [6, 6.07) is 11.3. The molecule has 2 aromatic carbocycles. The number of phenols is 1. The molecule has 2 aromatic rings. The molecule has 0 aliphatic carbocycles. The van der Waals surface area contributed by atoms with E-state index in [1.165, 1.54) is 19.2 Å². The lowest BCUT2D eigenvalue weighted by atomic mass is 9.87. The van der Waals surface area contributed by atoms with Crippen molar-refractivity contribution in [2.24, 2.45) is 5.92 Å². The predicted octanol–water partition coefficient (Wildman–Crippen LogP) is 2.33. The normalized spacial score (nSPS) is 19.9. The number of carbonyl (C=O) groups excluding carboxylic acids is 1. The molecule has 0 aromatic heterocycles. The van der Waals surface area contributed by atoms with Crippen LogP contribution in [0.2, 0.25) is 0 Å². The fourth-order valence-electron chi connectivity index (χ4n) is 2.60. The van der Waals surface area contributed by atoms with Crippen LogP contribution >= 0.6 is 0 Å². The van der Waals surface area contributed by atoms with Crippen LogP contribution in [0.1, 0.15) is 22.0 Å². The Kier molecular flexibility index (Phi) is 3.73. The van der Waals surface area contributed by atoms with Crippen LogP contribution in [0.4, 0.5) is 0 Å². The van der Waals surface area contributed by atoms with Crippen LogP contribution in [-0.2, 0) is 0 Å². The summed E-state index contributed by atoms with van der Waals surface area (Å²) in [5.41, 5.74) is 0.878. The first kappa shape index (κ1) is 14.4. The number of hydrogen-bond acceptors (Lipinski definition) is 5. The Bertz CT molecular complexity index is 710. The molecular formula is C17H16O5. The number of ether oxygens (including phenoxy) is 2. The van der Waals surface area contributed by atoms with Crippen molar-refractivity contribution < 1.29 is 24.5 Å². The van der Waals surface area contributed by atoms with Crippen LogP contribution in [0.3, 0.4) is 0 Å². The zero-order valence-electron chi connectivity index (χ0n) is 12.0. The molecular weight excluding hydrogens is 284 g/mol. The third-order valence-corrected chi connectivity index (χ3v) is 3.80. The van der Waals surface area contributed by atoms with E-state index < -0.39 is 12.0 Å². The van der Waals surface area contributed by atoms with Gasteiger partial charge in [-0.25, -0.2) is 0 Å². The van der Waals surface area contributed by atoms with E-state index in [2.05, 4.69) is 0 Å². The van der Waals surface area contributed by atoms with Gasteiger partial charge < -0.3 is 19.7 Å². The minimum absolute atomic E-state index is 0.0240. The molecule has 1 aliphatic rings. The molecule has 5 nitrogen and oxygen atoms in total. The summed E-state index contributed by atoms with van der Waals surface area (Å²) in [5.74, 6) is 0.146. The molecule has 0 spiro atoms. The molecule has 2 atom stereocenters. The minimum Gasteiger partial charge on any atom is -0.508 e. The van der Waals surface area contributed by atoms with Crippen molar-refractivity contribution >= 4 is 5.78 Å². The van der Waals surface area contributed by atoms with E-state index in [1.807, 2.05) is 0 Å². The zero-order valence-corrected chi connectivity index (χ0v) is 12.0. The quantitative estimate of drug-likeness (QED) is 0.851. The first-order chi connectivity index (χ1) is 10.6. The highest BCUT2D eigenvalue weighted by molar-refractivity contribution is 5.99. The second-order valence-corrected chi connectivity index (χ2v) is 5.18. The molecule has 2 N–H and O–H groups in total. The fraction of sp³-hybridized carbons (Fsp3) is 0.235. The second-order valence-electron chi connectivity index (χ2n) is 5.18. The fourth-order valence-corrected chi connectivity index (χ4v) is 2.60. The van der Waals surface area contributed by atoms with Crippen LogP contribution in [0.15, 0.2) is 42.5 Å². The highest BCUT2D eigenvalue weighted by Crippen LogP contribution is 2.38. The van der Waals surface area contributed by atoms with E-state index in [-0.39, 0.29) is 18.1 Å². The van der Waals surface area contributed by atoms with E-state index in [1.54, 1.807) is 30.3 Å². The lowest BCUT2D eigenvalue weighted by molar-refractivity contribution is 0.0416. The first-order valence-electron chi connectivity index (χ1n) is 6.92. The van der Waals surface area contributed by atoms with Crippen LogP contribution in [-0.4, -0.2) is 29.7 Å². The Labute approximate surface area is 127 Å². The number of benzene rings is 2. The monoisotopic (exact) mass is 300 g/mol. The Morgan fingerprint density at radius 1 is 1.27 bits per heavy atom. The number of Topliss-reactive ketones (excluding diaryl/α,β-unsaturated/α-hetero) is 1. The largest absolute Gasteiger partial charge is 0.508 e. The summed E-state index contributed by atoms with van der Waals surface area (Å²) >= 11 is 0. The number of ketones is 1. The average molecular weight is 300 g/mol. The van der Waals surface area contributed by atoms with Crippen molar-refractivity contribution in [2.75, 3.05) is 13.7 Å². The first-order valence-corrected chi connectivity index (χ1v) is 6.92. The molecule has 1 heterocycles. The Balaban J connectivity index is 1.90. The van der Waals surface area contributed by atoms with Crippen LogP contribution < -0.4 is 9.47 Å². The van der Waals surface area contributed by atoms with Gasteiger partial charge in [-0.15, -0.1) is 0 Å². The smallest absolute Gasteiger partial charge is 0.172 e. The second kappa shape index (κ2) is 5.69. The number of aromatic hydroxyl groups is 1. The third kappa shape index (κ3) is 2.51. The number of methoxy groups -OCH3 is 1. The zero-order chi connectivity index (χ0) is 15.7. The average Bonchev–Trinajstić information content (AvgIpc) is 2.55. The highest BCUT2D eigenvalue weighted by atomic mass is 16.5. The molecule has 0 saturated heterocycles. The molecule has 2 unspecified atom stereocenters. The molecule has 0 fully saturated rings. The number of fused-ring (bicyclic) bond motifs is 1. The molecule has 1 aliphatic heterocycles. The topological polar surface area (TPSA) is 76.0 Å². The SMILES string of the molecule is COc1cccc(C(=O)C2COc3ccc(O)cc3C2O)c1. The van der Waals surface area contributed by atoms with Crippen molar-refractivity contribution in [1.29, 1.82) is 0 Å². The minimum atomic E-state index is -1.02. The van der Waals surface area contributed by atoms with Gasteiger partial charge in [0.15, 0.2) is 5.78 Å².